The predicted octanol–water partition coefficient (Wildman–Crippen LogP) is 3.37. The van der Waals surface area contributed by atoms with E-state index >= 15 is 0 Å². The summed E-state index contributed by atoms with van der Waals surface area (Å²) in [7, 11) is 0. The Balaban J connectivity index is 1.70. The van der Waals surface area contributed by atoms with Crippen molar-refractivity contribution in [3.8, 4) is 11.4 Å². The Morgan fingerprint density at radius 3 is 2.31 bits per heavy atom. The van der Waals surface area contributed by atoms with E-state index in [0.29, 0.717) is 18.7 Å². The number of benzene rings is 2. The van der Waals surface area contributed by atoms with Crippen LogP contribution >= 0.6 is 0 Å². The zero-order chi connectivity index (χ0) is 20.0. The van der Waals surface area contributed by atoms with Crippen molar-refractivity contribution in [2.75, 3.05) is 13.1 Å². The first kappa shape index (κ1) is 17.8. The third kappa shape index (κ3) is 3.06. The zero-order valence-electron chi connectivity index (χ0n) is 16.5. The number of hydrogen-bond acceptors (Lipinski definition) is 4. The second-order valence-electron chi connectivity index (χ2n) is 7.85. The highest BCUT2D eigenvalue weighted by atomic mass is 16.2. The van der Waals surface area contributed by atoms with E-state index in [1.54, 1.807) is 0 Å². The Hall–Kier alpha value is -3.25. The second-order valence-corrected chi connectivity index (χ2v) is 7.85. The largest absolute Gasteiger partial charge is 0.335 e. The molecule has 0 spiro atoms. The van der Waals surface area contributed by atoms with Gasteiger partial charge in [0.1, 0.15) is 0 Å². The molecule has 6 nitrogen and oxygen atoms in total. The summed E-state index contributed by atoms with van der Waals surface area (Å²) in [5, 5.41) is 14.2. The maximum atomic E-state index is 13.6. The molecule has 1 aliphatic rings. The van der Waals surface area contributed by atoms with E-state index in [0.717, 1.165) is 27.8 Å². The first-order chi connectivity index (χ1) is 14.1. The summed E-state index contributed by atoms with van der Waals surface area (Å²) in [5.41, 5.74) is 2.42. The normalized spacial score (nSPS) is 19.7. The molecule has 2 aromatic carbocycles. The summed E-state index contributed by atoms with van der Waals surface area (Å²) < 4.78 is 1.94. The fourth-order valence-electron chi connectivity index (χ4n) is 4.33. The lowest BCUT2D eigenvalue weighted by Gasteiger charge is -2.36. The molecule has 0 bridgehead atoms. The maximum absolute atomic E-state index is 13.6. The van der Waals surface area contributed by atoms with Crippen LogP contribution in [0.15, 0.2) is 60.8 Å². The highest BCUT2D eigenvalue weighted by molar-refractivity contribution is 6.10. The average molecular weight is 385 g/mol. The SMILES string of the molecule is C[C@@H]1CN(C(=O)c2cn3c(-c4ccccc4)nnc3c3ccccc23)C[C@H](C)N1. The lowest BCUT2D eigenvalue weighted by molar-refractivity contribution is 0.0675. The van der Waals surface area contributed by atoms with Gasteiger partial charge in [-0.1, -0.05) is 54.6 Å². The molecule has 0 saturated carbocycles. The predicted molar refractivity (Wildman–Crippen MR) is 114 cm³/mol. The third-order valence-corrected chi connectivity index (χ3v) is 5.52. The fraction of sp³-hybridized carbons (Fsp3) is 0.261. The van der Waals surface area contributed by atoms with Crippen molar-refractivity contribution in [2.45, 2.75) is 25.9 Å². The molecule has 2 aromatic heterocycles. The van der Waals surface area contributed by atoms with Crippen molar-refractivity contribution in [1.82, 2.24) is 24.8 Å². The van der Waals surface area contributed by atoms with E-state index in [1.165, 1.54) is 0 Å². The lowest BCUT2D eigenvalue weighted by Crippen LogP contribution is -2.55. The number of nitrogens with one attached hydrogen (secondary N) is 1. The molecule has 2 atom stereocenters. The Morgan fingerprint density at radius 2 is 1.59 bits per heavy atom. The van der Waals surface area contributed by atoms with Gasteiger partial charge >= 0.3 is 0 Å². The van der Waals surface area contributed by atoms with Crippen molar-refractivity contribution in [2.24, 2.45) is 0 Å². The van der Waals surface area contributed by atoms with Gasteiger partial charge in [0, 0.05) is 42.3 Å². The van der Waals surface area contributed by atoms with Gasteiger partial charge in [-0.25, -0.2) is 0 Å². The quantitative estimate of drug-likeness (QED) is 0.575. The molecular formula is C23H23N5O. The summed E-state index contributed by atoms with van der Waals surface area (Å²) in [5.74, 6) is 0.790. The van der Waals surface area contributed by atoms with Crippen molar-refractivity contribution in [3.63, 3.8) is 0 Å². The van der Waals surface area contributed by atoms with Crippen molar-refractivity contribution < 1.29 is 4.79 Å². The van der Waals surface area contributed by atoms with Gasteiger partial charge in [0.2, 0.25) is 0 Å². The van der Waals surface area contributed by atoms with E-state index < -0.39 is 0 Å². The van der Waals surface area contributed by atoms with Crippen LogP contribution in [0.3, 0.4) is 0 Å². The molecule has 1 saturated heterocycles. The van der Waals surface area contributed by atoms with E-state index in [2.05, 4.69) is 29.4 Å². The van der Waals surface area contributed by atoms with Crippen LogP contribution in [0.5, 0.6) is 0 Å². The van der Waals surface area contributed by atoms with Gasteiger partial charge in [0.15, 0.2) is 11.5 Å². The Kier molecular flexibility index (Phi) is 4.28. The first-order valence-corrected chi connectivity index (χ1v) is 9.99. The van der Waals surface area contributed by atoms with Gasteiger partial charge < -0.3 is 10.2 Å². The highest BCUT2D eigenvalue weighted by Crippen LogP contribution is 2.28. The molecule has 29 heavy (non-hydrogen) atoms. The molecule has 1 fully saturated rings. The lowest BCUT2D eigenvalue weighted by atomic mass is 10.0. The van der Waals surface area contributed by atoms with Crippen LogP contribution in [0.1, 0.15) is 24.2 Å². The average Bonchev–Trinajstić information content (AvgIpc) is 3.17. The van der Waals surface area contributed by atoms with Crippen molar-refractivity contribution >= 4 is 22.3 Å². The highest BCUT2D eigenvalue weighted by Gasteiger charge is 2.27. The minimum atomic E-state index is 0.0519. The molecule has 1 N–H and O–H groups in total. The molecule has 0 unspecified atom stereocenters. The Bertz CT molecular complexity index is 1190. The fourth-order valence-corrected chi connectivity index (χ4v) is 4.33. The first-order valence-electron chi connectivity index (χ1n) is 9.99. The third-order valence-electron chi connectivity index (χ3n) is 5.52. The van der Waals surface area contributed by atoms with Crippen LogP contribution in [0.4, 0.5) is 0 Å². The molecule has 0 radical (unpaired) electrons. The van der Waals surface area contributed by atoms with Crippen molar-refractivity contribution in [3.05, 3.63) is 66.4 Å². The summed E-state index contributed by atoms with van der Waals surface area (Å²) in [6.45, 7) is 5.63. The summed E-state index contributed by atoms with van der Waals surface area (Å²) in [6.07, 6.45) is 1.90. The number of amides is 1. The molecule has 1 aliphatic heterocycles. The van der Waals surface area contributed by atoms with Crippen molar-refractivity contribution in [1.29, 1.82) is 0 Å². The number of carbonyl (C=O) groups excluding carboxylic acids is 1. The molecule has 1 amide bonds. The monoisotopic (exact) mass is 385 g/mol. The smallest absolute Gasteiger partial charge is 0.256 e. The van der Waals surface area contributed by atoms with E-state index in [-0.39, 0.29) is 18.0 Å². The molecule has 0 aliphatic carbocycles. The number of hydrogen-bond donors (Lipinski definition) is 1. The zero-order valence-corrected chi connectivity index (χ0v) is 16.5. The van der Waals surface area contributed by atoms with E-state index in [9.17, 15) is 4.79 Å². The number of piperazine rings is 1. The maximum Gasteiger partial charge on any atom is 0.256 e. The van der Waals surface area contributed by atoms with Gasteiger partial charge in [-0.2, -0.15) is 0 Å². The minimum absolute atomic E-state index is 0.0519. The number of fused-ring (bicyclic) bond motifs is 3. The second kappa shape index (κ2) is 6.97. The molecule has 146 valence electrons. The van der Waals surface area contributed by atoms with E-state index in [1.807, 2.05) is 70.1 Å². The number of rotatable bonds is 2. The Labute approximate surface area is 169 Å². The molecule has 3 heterocycles. The van der Waals surface area contributed by atoms with Crippen LogP contribution in [0.2, 0.25) is 0 Å². The van der Waals surface area contributed by atoms with Crippen LogP contribution < -0.4 is 5.32 Å². The molecule has 5 rings (SSSR count). The van der Waals surface area contributed by atoms with Gasteiger partial charge in [0.25, 0.3) is 5.91 Å². The molecule has 4 aromatic rings. The summed E-state index contributed by atoms with van der Waals surface area (Å²) in [6, 6.07) is 18.4. The Morgan fingerprint density at radius 1 is 0.931 bits per heavy atom. The molecule has 6 heteroatoms. The number of aromatic nitrogens is 3. The van der Waals surface area contributed by atoms with Gasteiger partial charge in [-0.05, 0) is 19.2 Å². The van der Waals surface area contributed by atoms with E-state index in [4.69, 9.17) is 0 Å². The van der Waals surface area contributed by atoms with Crippen LogP contribution in [0, 0.1) is 0 Å². The number of nitrogens with zero attached hydrogens (tertiary/aromatic N) is 4. The summed E-state index contributed by atoms with van der Waals surface area (Å²) >= 11 is 0. The minimum Gasteiger partial charge on any atom is -0.335 e. The topological polar surface area (TPSA) is 62.5 Å². The standard InChI is InChI=1S/C23H23N5O/c1-15-12-27(13-16(2)24-15)23(29)20-14-28-21(17-8-4-3-5-9-17)25-26-22(28)19-11-7-6-10-18(19)20/h3-11,14-16,24H,12-13H2,1-2H3/t15-,16+. The van der Waals surface area contributed by atoms with Crippen LogP contribution in [-0.4, -0.2) is 50.6 Å². The van der Waals surface area contributed by atoms with Gasteiger partial charge in [-0.3, -0.25) is 9.20 Å². The molecular weight excluding hydrogens is 362 g/mol. The van der Waals surface area contributed by atoms with Gasteiger partial charge in [-0.15, -0.1) is 10.2 Å². The number of carbonyl (C=O) groups is 1. The van der Waals surface area contributed by atoms with Crippen LogP contribution in [-0.2, 0) is 0 Å². The summed E-state index contributed by atoms with van der Waals surface area (Å²) in [4.78, 5) is 15.5. The van der Waals surface area contributed by atoms with Crippen LogP contribution in [0.25, 0.3) is 27.8 Å². The van der Waals surface area contributed by atoms with Gasteiger partial charge in [0.05, 0.1) is 5.56 Å². The number of pyridine rings is 1.